The molecule has 0 heterocycles. The summed E-state index contributed by atoms with van der Waals surface area (Å²) in [6, 6.07) is 12.3. The Morgan fingerprint density at radius 2 is 1.70 bits per heavy atom. The lowest BCUT2D eigenvalue weighted by molar-refractivity contribution is -0.139. The van der Waals surface area contributed by atoms with Crippen molar-refractivity contribution in [3.05, 3.63) is 68.7 Å². The summed E-state index contributed by atoms with van der Waals surface area (Å²) in [4.78, 5) is 27.9. The lowest BCUT2D eigenvalue weighted by atomic mass is 9.95. The summed E-state index contributed by atoms with van der Waals surface area (Å²) in [6.07, 6.45) is 5.49. The van der Waals surface area contributed by atoms with E-state index in [9.17, 15) is 9.59 Å². The number of nitrogens with one attached hydrogen (secondary N) is 1. The van der Waals surface area contributed by atoms with E-state index in [1.165, 1.54) is 18.2 Å². The fraction of sp³-hybridized carbons (Fsp3) is 0.440. The van der Waals surface area contributed by atoms with Crippen molar-refractivity contribution in [1.29, 1.82) is 0 Å². The summed E-state index contributed by atoms with van der Waals surface area (Å²) in [7, 11) is 0. The van der Waals surface area contributed by atoms with Crippen molar-refractivity contribution in [2.75, 3.05) is 5.75 Å². The molecule has 0 aromatic heterocycles. The lowest BCUT2D eigenvalue weighted by Crippen LogP contribution is -2.50. The highest BCUT2D eigenvalue weighted by molar-refractivity contribution is 7.99. The van der Waals surface area contributed by atoms with Crippen molar-refractivity contribution in [2.45, 2.75) is 63.4 Å². The van der Waals surface area contributed by atoms with Crippen molar-refractivity contribution in [3.63, 3.8) is 0 Å². The van der Waals surface area contributed by atoms with E-state index in [4.69, 9.17) is 34.8 Å². The summed E-state index contributed by atoms with van der Waals surface area (Å²) < 4.78 is 0. The van der Waals surface area contributed by atoms with E-state index in [1.54, 1.807) is 36.1 Å². The van der Waals surface area contributed by atoms with Gasteiger partial charge in [-0.25, -0.2) is 0 Å². The Balaban J connectivity index is 1.65. The Hall–Kier alpha value is -1.40. The third kappa shape index (κ3) is 8.10. The minimum Gasteiger partial charge on any atom is -0.352 e. The Morgan fingerprint density at radius 3 is 2.36 bits per heavy atom. The number of thioether (sulfide) groups is 1. The van der Waals surface area contributed by atoms with Crippen LogP contribution in [0.1, 0.15) is 50.2 Å². The molecule has 8 heteroatoms. The van der Waals surface area contributed by atoms with E-state index in [2.05, 4.69) is 5.32 Å². The summed E-state index contributed by atoms with van der Waals surface area (Å²) in [5, 5.41) is 4.95. The maximum Gasteiger partial charge on any atom is 0.242 e. The van der Waals surface area contributed by atoms with Crippen LogP contribution in [0, 0.1) is 0 Å². The van der Waals surface area contributed by atoms with Gasteiger partial charge >= 0.3 is 0 Å². The molecule has 1 saturated carbocycles. The van der Waals surface area contributed by atoms with Gasteiger partial charge in [0, 0.05) is 33.4 Å². The summed E-state index contributed by atoms with van der Waals surface area (Å²) in [6.45, 7) is 2.14. The average molecular weight is 528 g/mol. The third-order valence-electron chi connectivity index (χ3n) is 5.88. The minimum absolute atomic E-state index is 0.0914. The van der Waals surface area contributed by atoms with Gasteiger partial charge < -0.3 is 10.2 Å². The first kappa shape index (κ1) is 26.2. The van der Waals surface area contributed by atoms with Gasteiger partial charge in [0.2, 0.25) is 11.8 Å². The first-order chi connectivity index (χ1) is 15.8. The SMILES string of the molecule is CC(C(=O)NC1CCCCC1)N(Cc1ccc(Cl)cc1)C(=O)CSCc1ccc(Cl)cc1Cl. The molecule has 2 amide bonds. The van der Waals surface area contributed by atoms with Crippen LogP contribution in [0.3, 0.4) is 0 Å². The maximum absolute atomic E-state index is 13.2. The molecule has 0 radical (unpaired) electrons. The standard InChI is InChI=1S/C25H29Cl3N2O2S/c1-17(25(32)29-22-5-3-2-4-6-22)30(14-18-7-10-20(26)11-8-18)24(31)16-33-15-19-9-12-21(27)13-23(19)28/h7-13,17,22H,2-6,14-16H2,1H3,(H,29,32). The van der Waals surface area contributed by atoms with Gasteiger partial charge in [-0.1, -0.05) is 72.3 Å². The highest BCUT2D eigenvalue weighted by Gasteiger charge is 2.28. The van der Waals surface area contributed by atoms with Crippen LogP contribution >= 0.6 is 46.6 Å². The lowest BCUT2D eigenvalue weighted by Gasteiger charge is -2.31. The van der Waals surface area contributed by atoms with Gasteiger partial charge in [0.05, 0.1) is 5.75 Å². The highest BCUT2D eigenvalue weighted by Crippen LogP contribution is 2.25. The molecule has 2 aromatic carbocycles. The number of hydrogen-bond donors (Lipinski definition) is 1. The van der Waals surface area contributed by atoms with E-state index in [-0.39, 0.29) is 23.6 Å². The molecule has 0 spiro atoms. The summed E-state index contributed by atoms with van der Waals surface area (Å²) >= 11 is 19.7. The van der Waals surface area contributed by atoms with Crippen LogP contribution < -0.4 is 5.32 Å². The number of halogens is 3. The molecule has 4 nitrogen and oxygen atoms in total. The Morgan fingerprint density at radius 1 is 1.03 bits per heavy atom. The second-order valence-corrected chi connectivity index (χ2v) is 10.7. The molecule has 0 bridgehead atoms. The monoisotopic (exact) mass is 526 g/mol. The van der Waals surface area contributed by atoms with Crippen LogP contribution in [0.5, 0.6) is 0 Å². The topological polar surface area (TPSA) is 49.4 Å². The van der Waals surface area contributed by atoms with E-state index in [0.29, 0.717) is 27.4 Å². The molecule has 1 aliphatic rings. The van der Waals surface area contributed by atoms with Crippen LogP contribution in [-0.2, 0) is 21.9 Å². The Labute approximate surface area is 215 Å². The largest absolute Gasteiger partial charge is 0.352 e. The number of rotatable bonds is 9. The average Bonchev–Trinajstić information content (AvgIpc) is 2.80. The summed E-state index contributed by atoms with van der Waals surface area (Å²) in [5.74, 6) is 0.633. The van der Waals surface area contributed by atoms with Crippen LogP contribution in [0.15, 0.2) is 42.5 Å². The molecule has 33 heavy (non-hydrogen) atoms. The Bertz CT molecular complexity index is 949. The van der Waals surface area contributed by atoms with Gasteiger partial charge in [0.1, 0.15) is 6.04 Å². The fourth-order valence-electron chi connectivity index (χ4n) is 3.91. The number of benzene rings is 2. The predicted molar refractivity (Wildman–Crippen MR) is 139 cm³/mol. The van der Waals surface area contributed by atoms with Gasteiger partial charge in [0.15, 0.2) is 0 Å². The van der Waals surface area contributed by atoms with Crippen LogP contribution in [0.4, 0.5) is 0 Å². The first-order valence-corrected chi connectivity index (χ1v) is 13.5. The van der Waals surface area contributed by atoms with E-state index in [1.807, 2.05) is 18.2 Å². The van der Waals surface area contributed by atoms with E-state index in [0.717, 1.165) is 36.8 Å². The molecule has 1 aliphatic carbocycles. The van der Waals surface area contributed by atoms with Crippen LogP contribution in [0.25, 0.3) is 0 Å². The number of carbonyl (C=O) groups is 2. The molecule has 1 unspecified atom stereocenters. The first-order valence-electron chi connectivity index (χ1n) is 11.2. The number of hydrogen-bond acceptors (Lipinski definition) is 3. The third-order valence-corrected chi connectivity index (χ3v) is 7.69. The molecule has 178 valence electrons. The molecular formula is C25H29Cl3N2O2S. The molecule has 1 N–H and O–H groups in total. The van der Waals surface area contributed by atoms with Gasteiger partial charge in [0.25, 0.3) is 0 Å². The van der Waals surface area contributed by atoms with Crippen LogP contribution in [0.2, 0.25) is 15.1 Å². The van der Waals surface area contributed by atoms with Crippen LogP contribution in [-0.4, -0.2) is 34.6 Å². The van der Waals surface area contributed by atoms with Gasteiger partial charge in [-0.3, -0.25) is 9.59 Å². The summed E-state index contributed by atoms with van der Waals surface area (Å²) in [5.41, 5.74) is 1.85. The molecule has 1 fully saturated rings. The van der Waals surface area contributed by atoms with E-state index < -0.39 is 6.04 Å². The van der Waals surface area contributed by atoms with Crippen molar-refractivity contribution in [2.24, 2.45) is 0 Å². The van der Waals surface area contributed by atoms with Crippen molar-refractivity contribution < 1.29 is 9.59 Å². The molecule has 0 saturated heterocycles. The number of nitrogens with zero attached hydrogens (tertiary/aromatic N) is 1. The zero-order chi connectivity index (χ0) is 23.8. The Kier molecular flexibility index (Phi) is 10.2. The molecule has 0 aliphatic heterocycles. The zero-order valence-electron chi connectivity index (χ0n) is 18.7. The zero-order valence-corrected chi connectivity index (χ0v) is 21.7. The molecule has 2 aromatic rings. The fourth-order valence-corrected chi connectivity index (χ4v) is 5.50. The van der Waals surface area contributed by atoms with Gasteiger partial charge in [-0.2, -0.15) is 0 Å². The van der Waals surface area contributed by atoms with Gasteiger partial charge in [-0.05, 0) is 55.2 Å². The van der Waals surface area contributed by atoms with Crippen molar-refractivity contribution >= 4 is 58.4 Å². The second-order valence-electron chi connectivity index (χ2n) is 8.40. The minimum atomic E-state index is -0.574. The number of carbonyl (C=O) groups excluding carboxylic acids is 2. The van der Waals surface area contributed by atoms with Crippen molar-refractivity contribution in [1.82, 2.24) is 10.2 Å². The normalized spacial score (nSPS) is 15.2. The van der Waals surface area contributed by atoms with Crippen molar-refractivity contribution in [3.8, 4) is 0 Å². The second kappa shape index (κ2) is 12.9. The molecular weight excluding hydrogens is 499 g/mol. The molecule has 1 atom stereocenters. The quantitative estimate of drug-likeness (QED) is 0.392. The highest BCUT2D eigenvalue weighted by atomic mass is 35.5. The smallest absolute Gasteiger partial charge is 0.242 e. The predicted octanol–water partition coefficient (Wildman–Crippen LogP) is 6.75. The van der Waals surface area contributed by atoms with E-state index >= 15 is 0 Å². The molecule has 3 rings (SSSR count). The number of amides is 2. The van der Waals surface area contributed by atoms with Gasteiger partial charge in [-0.15, -0.1) is 11.8 Å². The maximum atomic E-state index is 13.2.